The summed E-state index contributed by atoms with van der Waals surface area (Å²) in [6, 6.07) is 5.35. The molecule has 0 saturated heterocycles. The summed E-state index contributed by atoms with van der Waals surface area (Å²) in [5.41, 5.74) is 3.78. The lowest BCUT2D eigenvalue weighted by Gasteiger charge is -2.15. The van der Waals surface area contributed by atoms with Crippen molar-refractivity contribution in [3.8, 4) is 0 Å². The van der Waals surface area contributed by atoms with E-state index >= 15 is 0 Å². The van der Waals surface area contributed by atoms with Crippen molar-refractivity contribution in [2.45, 2.75) is 20.8 Å². The third-order valence-electron chi connectivity index (χ3n) is 3.95. The van der Waals surface area contributed by atoms with Crippen LogP contribution in [0.15, 0.2) is 18.2 Å². The predicted molar refractivity (Wildman–Crippen MR) is 80.8 cm³/mol. The van der Waals surface area contributed by atoms with Crippen molar-refractivity contribution >= 4 is 22.7 Å². The minimum atomic E-state index is -0.372. The highest BCUT2D eigenvalue weighted by molar-refractivity contribution is 6.04. The number of benzene rings is 2. The fourth-order valence-corrected chi connectivity index (χ4v) is 2.64. The first kappa shape index (κ1) is 15.0. The maximum atomic E-state index is 12.0. The Kier molecular flexibility index (Phi) is 3.98. The van der Waals surface area contributed by atoms with Gasteiger partial charge in [0, 0.05) is 0 Å². The summed E-state index contributed by atoms with van der Waals surface area (Å²) in [6.07, 6.45) is 0. The summed E-state index contributed by atoms with van der Waals surface area (Å²) in [7, 11) is 2.73. The van der Waals surface area contributed by atoms with Crippen LogP contribution >= 0.6 is 0 Å². The van der Waals surface area contributed by atoms with E-state index in [1.165, 1.54) is 14.2 Å². The number of ether oxygens (including phenoxy) is 2. The number of esters is 2. The number of fused-ring (bicyclic) bond motifs is 1. The van der Waals surface area contributed by atoms with Gasteiger partial charge in [-0.15, -0.1) is 0 Å². The highest BCUT2D eigenvalue weighted by Crippen LogP contribution is 2.30. The molecule has 2 aromatic rings. The molecule has 2 rings (SSSR count). The molecular formula is C17H18O4. The van der Waals surface area contributed by atoms with Crippen LogP contribution in [0.3, 0.4) is 0 Å². The monoisotopic (exact) mass is 286 g/mol. The molecule has 0 saturated carbocycles. The first-order valence-corrected chi connectivity index (χ1v) is 6.62. The number of carbonyl (C=O) groups excluding carboxylic acids is 2. The van der Waals surface area contributed by atoms with Gasteiger partial charge >= 0.3 is 11.9 Å². The third kappa shape index (κ3) is 2.37. The molecule has 0 heterocycles. The second kappa shape index (κ2) is 5.56. The molecule has 0 N–H and O–H groups in total. The number of hydrogen-bond donors (Lipinski definition) is 0. The Balaban J connectivity index is 2.82. The van der Waals surface area contributed by atoms with Crippen LogP contribution in [0.5, 0.6) is 0 Å². The zero-order chi connectivity index (χ0) is 15.7. The van der Waals surface area contributed by atoms with Gasteiger partial charge in [-0.1, -0.05) is 6.07 Å². The average Bonchev–Trinajstić information content (AvgIpc) is 2.51. The van der Waals surface area contributed by atoms with Crippen LogP contribution in [0.4, 0.5) is 0 Å². The minimum absolute atomic E-state index is 0.341. The van der Waals surface area contributed by atoms with E-state index in [1.54, 1.807) is 12.1 Å². The Morgan fingerprint density at radius 3 is 2.00 bits per heavy atom. The first-order valence-electron chi connectivity index (χ1n) is 6.62. The highest BCUT2D eigenvalue weighted by atomic mass is 16.5. The topological polar surface area (TPSA) is 52.6 Å². The van der Waals surface area contributed by atoms with Crippen LogP contribution in [0.1, 0.15) is 37.4 Å². The van der Waals surface area contributed by atoms with Crippen LogP contribution < -0.4 is 0 Å². The summed E-state index contributed by atoms with van der Waals surface area (Å²) in [4.78, 5) is 23.6. The lowest BCUT2D eigenvalue weighted by atomic mass is 9.90. The van der Waals surface area contributed by atoms with E-state index in [0.29, 0.717) is 11.1 Å². The molecule has 0 amide bonds. The van der Waals surface area contributed by atoms with Gasteiger partial charge in [0.2, 0.25) is 0 Å². The SMILES string of the molecule is COC(=O)c1ccc2c(C)c(C(=O)OC)c(C)c(C)c2c1. The molecule has 21 heavy (non-hydrogen) atoms. The summed E-state index contributed by atoms with van der Waals surface area (Å²) < 4.78 is 9.62. The van der Waals surface area contributed by atoms with Crippen molar-refractivity contribution in [1.82, 2.24) is 0 Å². The molecule has 0 aliphatic rings. The maximum absolute atomic E-state index is 12.0. The van der Waals surface area contributed by atoms with Gasteiger partial charge in [0.15, 0.2) is 0 Å². The number of rotatable bonds is 2. The van der Waals surface area contributed by atoms with E-state index in [9.17, 15) is 9.59 Å². The van der Waals surface area contributed by atoms with Crippen LogP contribution in [0.2, 0.25) is 0 Å². The zero-order valence-electron chi connectivity index (χ0n) is 12.9. The molecule has 2 aromatic carbocycles. The molecule has 0 bridgehead atoms. The molecular weight excluding hydrogens is 268 g/mol. The number of carbonyl (C=O) groups is 2. The zero-order valence-corrected chi connectivity index (χ0v) is 12.9. The van der Waals surface area contributed by atoms with Crippen molar-refractivity contribution in [2.24, 2.45) is 0 Å². The van der Waals surface area contributed by atoms with Crippen molar-refractivity contribution in [2.75, 3.05) is 14.2 Å². The third-order valence-corrected chi connectivity index (χ3v) is 3.95. The molecule has 0 atom stereocenters. The van der Waals surface area contributed by atoms with Crippen LogP contribution in [-0.4, -0.2) is 26.2 Å². The molecule has 0 aromatic heterocycles. The Hall–Kier alpha value is -2.36. The van der Waals surface area contributed by atoms with Gasteiger partial charge in [-0.3, -0.25) is 0 Å². The van der Waals surface area contributed by atoms with Crippen molar-refractivity contribution in [3.63, 3.8) is 0 Å². The Morgan fingerprint density at radius 2 is 1.43 bits per heavy atom. The number of methoxy groups -OCH3 is 2. The largest absolute Gasteiger partial charge is 0.465 e. The molecule has 0 radical (unpaired) electrons. The van der Waals surface area contributed by atoms with E-state index in [2.05, 4.69) is 0 Å². The summed E-state index contributed by atoms with van der Waals surface area (Å²) >= 11 is 0. The van der Waals surface area contributed by atoms with Crippen LogP contribution in [0.25, 0.3) is 10.8 Å². The molecule has 0 aliphatic carbocycles. The van der Waals surface area contributed by atoms with Gasteiger partial charge in [0.25, 0.3) is 0 Å². The lowest BCUT2D eigenvalue weighted by molar-refractivity contribution is 0.0590. The smallest absolute Gasteiger partial charge is 0.338 e. The van der Waals surface area contributed by atoms with Gasteiger partial charge in [-0.2, -0.15) is 0 Å². The normalized spacial score (nSPS) is 10.5. The van der Waals surface area contributed by atoms with E-state index in [0.717, 1.165) is 27.5 Å². The van der Waals surface area contributed by atoms with Crippen LogP contribution in [-0.2, 0) is 9.47 Å². The second-order valence-corrected chi connectivity index (χ2v) is 4.99. The van der Waals surface area contributed by atoms with E-state index < -0.39 is 0 Å². The van der Waals surface area contributed by atoms with Gasteiger partial charge in [0.1, 0.15) is 0 Å². The van der Waals surface area contributed by atoms with Crippen molar-refractivity contribution < 1.29 is 19.1 Å². The standard InChI is InChI=1S/C17H18O4/c1-9-10(2)15(17(19)21-5)11(3)13-7-6-12(8-14(9)13)16(18)20-4/h6-8H,1-5H3. The van der Waals surface area contributed by atoms with E-state index in [-0.39, 0.29) is 11.9 Å². The van der Waals surface area contributed by atoms with Gasteiger partial charge in [0.05, 0.1) is 25.3 Å². The Labute approximate surface area is 123 Å². The first-order chi connectivity index (χ1) is 9.92. The quantitative estimate of drug-likeness (QED) is 0.794. The van der Waals surface area contributed by atoms with Gasteiger partial charge < -0.3 is 9.47 Å². The van der Waals surface area contributed by atoms with E-state index in [1.807, 2.05) is 26.8 Å². The molecule has 0 spiro atoms. The number of hydrogen-bond acceptors (Lipinski definition) is 4. The Morgan fingerprint density at radius 1 is 0.810 bits per heavy atom. The lowest BCUT2D eigenvalue weighted by Crippen LogP contribution is -2.09. The molecule has 0 aliphatic heterocycles. The van der Waals surface area contributed by atoms with Crippen molar-refractivity contribution in [1.29, 1.82) is 0 Å². The average molecular weight is 286 g/mol. The predicted octanol–water partition coefficient (Wildman–Crippen LogP) is 3.34. The number of aryl methyl sites for hydroxylation is 2. The molecule has 4 nitrogen and oxygen atoms in total. The molecule has 110 valence electrons. The fraction of sp³-hybridized carbons (Fsp3) is 0.294. The Bertz CT molecular complexity index is 744. The maximum Gasteiger partial charge on any atom is 0.338 e. The second-order valence-electron chi connectivity index (χ2n) is 4.99. The summed E-state index contributed by atoms with van der Waals surface area (Å²) in [6.45, 7) is 5.71. The van der Waals surface area contributed by atoms with E-state index in [4.69, 9.17) is 9.47 Å². The van der Waals surface area contributed by atoms with Gasteiger partial charge in [-0.05, 0) is 60.4 Å². The molecule has 0 fully saturated rings. The molecule has 0 unspecified atom stereocenters. The van der Waals surface area contributed by atoms with Gasteiger partial charge in [-0.25, -0.2) is 9.59 Å². The van der Waals surface area contributed by atoms with Crippen LogP contribution in [0, 0.1) is 20.8 Å². The highest BCUT2D eigenvalue weighted by Gasteiger charge is 2.19. The molecule has 4 heteroatoms. The van der Waals surface area contributed by atoms with Crippen molar-refractivity contribution in [3.05, 3.63) is 46.0 Å². The minimum Gasteiger partial charge on any atom is -0.465 e. The summed E-state index contributed by atoms with van der Waals surface area (Å²) in [5.74, 6) is -0.712. The fourth-order valence-electron chi connectivity index (χ4n) is 2.64. The summed E-state index contributed by atoms with van der Waals surface area (Å²) in [5, 5.41) is 1.88.